The molecule has 0 aromatic heterocycles. The van der Waals surface area contributed by atoms with E-state index in [1.54, 1.807) is 24.3 Å². The lowest BCUT2D eigenvalue weighted by molar-refractivity contribution is -0.123. The van der Waals surface area contributed by atoms with Gasteiger partial charge in [-0.1, -0.05) is 71.6 Å². The molecule has 4 atom stereocenters. The summed E-state index contributed by atoms with van der Waals surface area (Å²) in [5.41, 5.74) is 5.73. The van der Waals surface area contributed by atoms with Crippen LogP contribution >= 0.6 is 15.9 Å². The minimum atomic E-state index is -0.865. The predicted molar refractivity (Wildman–Crippen MR) is 182 cm³/mol. The topological polar surface area (TPSA) is 110 Å². The number of carbonyl (C=O) groups is 2. The van der Waals surface area contributed by atoms with E-state index in [4.69, 9.17) is 0 Å². The third-order valence-corrected chi connectivity index (χ3v) is 9.52. The number of carbonyl (C=O) groups excluding carboxylic acids is 2. The van der Waals surface area contributed by atoms with E-state index >= 15 is 0 Å². The van der Waals surface area contributed by atoms with Crippen LogP contribution in [-0.2, 0) is 9.59 Å². The minimum Gasteiger partial charge on any atom is -0.507 e. The van der Waals surface area contributed by atoms with Gasteiger partial charge in [-0.3, -0.25) is 14.5 Å². The van der Waals surface area contributed by atoms with Crippen molar-refractivity contribution in [2.75, 3.05) is 16.8 Å². The van der Waals surface area contributed by atoms with E-state index in [2.05, 4.69) is 28.2 Å². The summed E-state index contributed by atoms with van der Waals surface area (Å²) in [7, 11) is 0. The molecule has 4 N–H and O–H groups in total. The first-order valence-electron chi connectivity index (χ1n) is 15.7. The van der Waals surface area contributed by atoms with Gasteiger partial charge in [-0.2, -0.15) is 0 Å². The first-order valence-corrected chi connectivity index (χ1v) is 16.5. The molecule has 0 saturated carbocycles. The van der Waals surface area contributed by atoms with Crippen LogP contribution in [0.4, 0.5) is 17.1 Å². The van der Waals surface area contributed by atoms with Crippen molar-refractivity contribution in [1.82, 2.24) is 0 Å². The number of nitrogens with zero attached hydrogens (tertiary/aromatic N) is 1. The number of aliphatic hydroxyl groups excluding tert-OH is 2. The van der Waals surface area contributed by atoms with Crippen molar-refractivity contribution in [3.8, 4) is 5.75 Å². The number of imide groups is 1. The number of amides is 2. The van der Waals surface area contributed by atoms with E-state index in [1.165, 1.54) is 4.90 Å². The third kappa shape index (κ3) is 7.08. The fourth-order valence-corrected chi connectivity index (χ4v) is 7.20. The van der Waals surface area contributed by atoms with Crippen molar-refractivity contribution in [3.63, 3.8) is 0 Å². The number of rotatable bonds is 12. The Bertz CT molecular complexity index is 1580. The molecule has 1 saturated heterocycles. The van der Waals surface area contributed by atoms with E-state index in [-0.39, 0.29) is 24.2 Å². The van der Waals surface area contributed by atoms with Crippen LogP contribution in [0.5, 0.6) is 5.75 Å². The quantitative estimate of drug-likeness (QED) is 0.116. The summed E-state index contributed by atoms with van der Waals surface area (Å²) < 4.78 is 0.864. The maximum Gasteiger partial charge on any atom is 0.238 e. The summed E-state index contributed by atoms with van der Waals surface area (Å²) in [4.78, 5) is 29.0. The predicted octanol–water partition coefficient (Wildman–Crippen LogP) is 7.75. The van der Waals surface area contributed by atoms with Gasteiger partial charge < -0.3 is 20.6 Å². The summed E-state index contributed by atoms with van der Waals surface area (Å²) in [6.07, 6.45) is 4.74. The van der Waals surface area contributed by atoms with E-state index in [1.807, 2.05) is 61.5 Å². The molecular weight excluding hydrogens is 632 g/mol. The first-order chi connectivity index (χ1) is 21.7. The second kappa shape index (κ2) is 14.6. The maximum absolute atomic E-state index is 13.9. The van der Waals surface area contributed by atoms with Crippen molar-refractivity contribution in [1.29, 1.82) is 0 Å². The number of phenols is 1. The molecule has 2 aliphatic rings. The highest BCUT2D eigenvalue weighted by Crippen LogP contribution is 2.48. The van der Waals surface area contributed by atoms with Crippen LogP contribution in [0.1, 0.15) is 57.9 Å². The van der Waals surface area contributed by atoms with Gasteiger partial charge in [0.2, 0.25) is 11.8 Å². The Hall–Kier alpha value is -3.72. The van der Waals surface area contributed by atoms with E-state index in [0.717, 1.165) is 39.8 Å². The fourth-order valence-electron chi connectivity index (χ4n) is 6.82. The number of nitrogens with one attached hydrogen (secondary N) is 1. The zero-order valence-corrected chi connectivity index (χ0v) is 27.3. The van der Waals surface area contributed by atoms with Crippen LogP contribution in [0.15, 0.2) is 94.0 Å². The zero-order chi connectivity index (χ0) is 32.1. The molecule has 0 radical (unpaired) electrons. The zero-order valence-electron chi connectivity index (χ0n) is 25.7. The number of anilines is 3. The highest BCUT2D eigenvalue weighted by molar-refractivity contribution is 9.10. The molecule has 0 spiro atoms. The molecule has 0 bridgehead atoms. The molecule has 5 rings (SSSR count). The molecule has 45 heavy (non-hydrogen) atoms. The summed E-state index contributed by atoms with van der Waals surface area (Å²) >= 11 is 3.46. The molecule has 3 aromatic rings. The molecule has 1 aliphatic carbocycles. The normalized spacial score (nSPS) is 20.9. The number of hydrogen-bond donors (Lipinski definition) is 4. The van der Waals surface area contributed by atoms with Crippen LogP contribution < -0.4 is 10.2 Å². The molecule has 0 unspecified atom stereocenters. The molecule has 3 aromatic carbocycles. The number of halogens is 1. The summed E-state index contributed by atoms with van der Waals surface area (Å²) in [6.45, 7) is 3.77. The van der Waals surface area contributed by atoms with E-state index in [0.29, 0.717) is 42.5 Å². The van der Waals surface area contributed by atoms with Crippen LogP contribution in [-0.4, -0.2) is 39.8 Å². The standard InChI is InChI=1S/C37H41BrN2O5/c1-3-8-24-21-30-35(37(45)40(36(30)44)29-15-13-28(14-16-29)39-27-9-6-5-7-10-27)31(22-41)34(24)33(43)17-11-23(4-2)19-25-20-26(38)12-18-32(25)42/h5-7,9-10,12-16,18-20,30-31,33,35,39,41-43H,3-4,8,11,17,21-22H2,1-2H3/b23-19+/t30-,31+,33-,35-/m1/s1. The van der Waals surface area contributed by atoms with Crippen LogP contribution in [0.3, 0.4) is 0 Å². The van der Waals surface area contributed by atoms with Crippen molar-refractivity contribution in [2.24, 2.45) is 17.8 Å². The second-order valence-corrected chi connectivity index (χ2v) is 12.8. The van der Waals surface area contributed by atoms with E-state index < -0.39 is 23.9 Å². The summed E-state index contributed by atoms with van der Waals surface area (Å²) in [5, 5.41) is 35.9. The number of hydrogen-bond acceptors (Lipinski definition) is 6. The highest BCUT2D eigenvalue weighted by Gasteiger charge is 2.55. The lowest BCUT2D eigenvalue weighted by atomic mass is 9.67. The number of benzene rings is 3. The van der Waals surface area contributed by atoms with Gasteiger partial charge in [0.05, 0.1) is 30.2 Å². The lowest BCUT2D eigenvalue weighted by Crippen LogP contribution is -2.39. The average Bonchev–Trinajstić information content (AvgIpc) is 3.29. The average molecular weight is 674 g/mol. The number of aromatic hydroxyl groups is 1. The van der Waals surface area contributed by atoms with Crippen molar-refractivity contribution >= 4 is 50.9 Å². The maximum atomic E-state index is 13.9. The van der Waals surface area contributed by atoms with E-state index in [9.17, 15) is 24.9 Å². The SMILES string of the molecule is CCCC1=C([C@H](O)CC/C(=C/c2cc(Br)ccc2O)CC)[C@H](CO)[C@@H]2C(=O)N(c3ccc(Nc4ccccc4)cc3)C(=O)[C@@H]2C1. The number of allylic oxidation sites excluding steroid dienone is 2. The highest BCUT2D eigenvalue weighted by atomic mass is 79.9. The monoisotopic (exact) mass is 672 g/mol. The summed E-state index contributed by atoms with van der Waals surface area (Å²) in [5.74, 6) is -2.32. The van der Waals surface area contributed by atoms with Crippen molar-refractivity contribution in [2.45, 2.75) is 58.5 Å². The fraction of sp³-hybridized carbons (Fsp3) is 0.351. The molecule has 1 heterocycles. The minimum absolute atomic E-state index is 0.187. The molecule has 1 aliphatic heterocycles. The molecular formula is C37H41BrN2O5. The molecule has 2 amide bonds. The number of phenolic OH excluding ortho intramolecular Hbond substituents is 1. The number of fused-ring (bicyclic) bond motifs is 1. The van der Waals surface area contributed by atoms with Crippen LogP contribution in [0.2, 0.25) is 0 Å². The molecule has 7 nitrogen and oxygen atoms in total. The summed E-state index contributed by atoms with van der Waals surface area (Å²) in [6, 6.07) is 22.3. The van der Waals surface area contributed by atoms with Gasteiger partial charge in [0, 0.05) is 27.3 Å². The number of para-hydroxylation sites is 1. The van der Waals surface area contributed by atoms with Crippen LogP contribution in [0.25, 0.3) is 6.08 Å². The lowest BCUT2D eigenvalue weighted by Gasteiger charge is -2.36. The third-order valence-electron chi connectivity index (χ3n) is 9.02. The molecule has 1 fully saturated rings. The van der Waals surface area contributed by atoms with Gasteiger partial charge in [0.1, 0.15) is 5.75 Å². The molecule has 236 valence electrons. The van der Waals surface area contributed by atoms with Crippen LogP contribution in [0, 0.1) is 17.8 Å². The Morgan fingerprint density at radius 1 is 1.02 bits per heavy atom. The van der Waals surface area contributed by atoms with Crippen molar-refractivity contribution < 1.29 is 24.9 Å². The molecule has 8 heteroatoms. The van der Waals surface area contributed by atoms with Gasteiger partial charge in [-0.05, 0) is 92.3 Å². The van der Waals surface area contributed by atoms with Gasteiger partial charge >= 0.3 is 0 Å². The Labute approximate surface area is 273 Å². The largest absolute Gasteiger partial charge is 0.507 e. The Morgan fingerprint density at radius 3 is 2.40 bits per heavy atom. The number of aliphatic hydroxyl groups is 2. The second-order valence-electron chi connectivity index (χ2n) is 11.9. The van der Waals surface area contributed by atoms with Gasteiger partial charge in [0.25, 0.3) is 0 Å². The smallest absolute Gasteiger partial charge is 0.238 e. The van der Waals surface area contributed by atoms with Gasteiger partial charge in [-0.15, -0.1) is 0 Å². The Kier molecular flexibility index (Phi) is 10.6. The van der Waals surface area contributed by atoms with Crippen molar-refractivity contribution in [3.05, 3.63) is 99.6 Å². The van der Waals surface area contributed by atoms with Gasteiger partial charge in [-0.25, -0.2) is 0 Å². The Morgan fingerprint density at radius 2 is 1.73 bits per heavy atom. The van der Waals surface area contributed by atoms with Gasteiger partial charge in [0.15, 0.2) is 0 Å². The Balaban J connectivity index is 1.36. The first kappa shape index (κ1) is 32.7.